The summed E-state index contributed by atoms with van der Waals surface area (Å²) in [4.78, 5) is 26.6. The maximum Gasteiger partial charge on any atom is 0.330 e. The molecule has 4 aromatic rings. The Bertz CT molecular complexity index is 1380. The SMILES string of the molecule is COCC12CC(C1)C(n1c(=O)n(C)c3cnc(Nc4cn5ncnc5cc4C)nc31)C2. The molecular weight excluding hydrogens is 396 g/mol. The molecule has 3 aliphatic carbocycles. The first-order chi connectivity index (χ1) is 15.0. The number of pyridine rings is 1. The van der Waals surface area contributed by atoms with E-state index in [1.54, 1.807) is 29.4 Å². The number of imidazole rings is 1. The van der Waals surface area contributed by atoms with Crippen LogP contribution >= 0.6 is 0 Å². The maximum atomic E-state index is 13.1. The highest BCUT2D eigenvalue weighted by molar-refractivity contribution is 5.73. The number of anilines is 2. The number of nitrogens with one attached hydrogen (secondary N) is 1. The lowest BCUT2D eigenvalue weighted by Gasteiger charge is -2.37. The number of aryl methyl sites for hydroxylation is 2. The van der Waals surface area contributed by atoms with Gasteiger partial charge in [0.05, 0.1) is 24.7 Å². The van der Waals surface area contributed by atoms with Crippen molar-refractivity contribution in [3.05, 3.63) is 40.8 Å². The van der Waals surface area contributed by atoms with E-state index in [4.69, 9.17) is 9.72 Å². The van der Waals surface area contributed by atoms with Crippen molar-refractivity contribution in [3.8, 4) is 0 Å². The van der Waals surface area contributed by atoms with E-state index in [0.717, 1.165) is 48.3 Å². The lowest BCUT2D eigenvalue weighted by atomic mass is 9.70. The van der Waals surface area contributed by atoms with E-state index in [1.165, 1.54) is 6.33 Å². The Kier molecular flexibility index (Phi) is 3.80. The summed E-state index contributed by atoms with van der Waals surface area (Å²) in [7, 11) is 3.54. The van der Waals surface area contributed by atoms with Gasteiger partial charge in [-0.25, -0.2) is 19.3 Å². The van der Waals surface area contributed by atoms with E-state index in [0.29, 0.717) is 17.5 Å². The molecule has 0 radical (unpaired) electrons. The summed E-state index contributed by atoms with van der Waals surface area (Å²) in [5, 5.41) is 7.48. The fourth-order valence-electron chi connectivity index (χ4n) is 5.59. The van der Waals surface area contributed by atoms with Crippen LogP contribution in [0.5, 0.6) is 0 Å². The topological polar surface area (TPSA) is 104 Å². The second-order valence-electron chi connectivity index (χ2n) is 9.04. The summed E-state index contributed by atoms with van der Waals surface area (Å²) in [6, 6.07) is 2.11. The third-order valence-electron chi connectivity index (χ3n) is 7.06. The van der Waals surface area contributed by atoms with E-state index < -0.39 is 0 Å². The molecular formula is C21H24N8O2. The van der Waals surface area contributed by atoms with Gasteiger partial charge in [0.2, 0.25) is 5.95 Å². The molecule has 4 heterocycles. The Labute approximate surface area is 177 Å². The predicted molar refractivity (Wildman–Crippen MR) is 114 cm³/mol. The molecule has 0 spiro atoms. The zero-order valence-electron chi connectivity index (χ0n) is 17.7. The zero-order chi connectivity index (χ0) is 21.3. The zero-order valence-corrected chi connectivity index (χ0v) is 17.7. The molecule has 0 aromatic carbocycles. The van der Waals surface area contributed by atoms with Gasteiger partial charge in [-0.15, -0.1) is 0 Å². The minimum absolute atomic E-state index is 0.0354. The molecule has 3 fully saturated rings. The number of ether oxygens (including phenoxy) is 1. The molecule has 3 aliphatic rings. The number of hydrogen-bond acceptors (Lipinski definition) is 7. The monoisotopic (exact) mass is 420 g/mol. The van der Waals surface area contributed by atoms with Crippen molar-refractivity contribution in [2.45, 2.75) is 32.2 Å². The molecule has 0 aliphatic heterocycles. The molecule has 160 valence electrons. The van der Waals surface area contributed by atoms with E-state index in [1.807, 2.05) is 23.8 Å². The van der Waals surface area contributed by atoms with Gasteiger partial charge in [0.1, 0.15) is 11.8 Å². The number of hydrogen-bond donors (Lipinski definition) is 1. The molecule has 10 nitrogen and oxygen atoms in total. The van der Waals surface area contributed by atoms with Crippen LogP contribution in [0.4, 0.5) is 11.6 Å². The summed E-state index contributed by atoms with van der Waals surface area (Å²) in [5.74, 6) is 0.952. The van der Waals surface area contributed by atoms with Gasteiger partial charge in [-0.2, -0.15) is 10.1 Å². The van der Waals surface area contributed by atoms with Crippen molar-refractivity contribution in [2.24, 2.45) is 18.4 Å². The van der Waals surface area contributed by atoms with Crippen LogP contribution in [0, 0.1) is 18.3 Å². The molecule has 7 rings (SSSR count). The van der Waals surface area contributed by atoms with Crippen LogP contribution in [-0.2, 0) is 11.8 Å². The first-order valence-electron chi connectivity index (χ1n) is 10.5. The number of methoxy groups -OCH3 is 1. The van der Waals surface area contributed by atoms with Crippen LogP contribution < -0.4 is 11.0 Å². The summed E-state index contributed by atoms with van der Waals surface area (Å²) in [6.45, 7) is 2.75. The minimum Gasteiger partial charge on any atom is -0.384 e. The second-order valence-corrected chi connectivity index (χ2v) is 9.04. The molecule has 2 bridgehead atoms. The van der Waals surface area contributed by atoms with Crippen molar-refractivity contribution in [3.63, 3.8) is 0 Å². The van der Waals surface area contributed by atoms with E-state index in [9.17, 15) is 4.79 Å². The highest BCUT2D eigenvalue weighted by Crippen LogP contribution is 2.63. The summed E-state index contributed by atoms with van der Waals surface area (Å²) in [6.07, 6.45) is 8.29. The molecule has 0 amide bonds. The third kappa shape index (κ3) is 2.64. The van der Waals surface area contributed by atoms with Gasteiger partial charge in [0.15, 0.2) is 11.3 Å². The summed E-state index contributed by atoms with van der Waals surface area (Å²) < 4.78 is 10.7. The quantitative estimate of drug-likeness (QED) is 0.528. The average Bonchev–Trinajstić information content (AvgIpc) is 3.45. The standard InChI is InChI=1S/C21H24N8O2/c1-12-4-17-23-11-24-28(17)9-14(12)25-19-22-8-16-18(26-19)29(20(30)27(16)2)15-7-21(10-31-3)5-13(15)6-21/h4,8-9,11,13,15H,5-7,10H2,1-3H3,(H,22,25,26). The average molecular weight is 420 g/mol. The van der Waals surface area contributed by atoms with Crippen molar-refractivity contribution in [1.82, 2.24) is 33.7 Å². The fraction of sp³-hybridized carbons (Fsp3) is 0.476. The van der Waals surface area contributed by atoms with Crippen LogP contribution in [0.2, 0.25) is 0 Å². The minimum atomic E-state index is -0.0354. The Morgan fingerprint density at radius 2 is 2.13 bits per heavy atom. The third-order valence-corrected chi connectivity index (χ3v) is 7.06. The second kappa shape index (κ2) is 6.36. The van der Waals surface area contributed by atoms with Crippen LogP contribution in [0.3, 0.4) is 0 Å². The van der Waals surface area contributed by atoms with Gasteiger partial charge in [-0.3, -0.25) is 9.13 Å². The predicted octanol–water partition coefficient (Wildman–Crippen LogP) is 2.21. The van der Waals surface area contributed by atoms with Crippen LogP contribution in [0.15, 0.2) is 29.6 Å². The number of aromatic nitrogens is 7. The normalized spacial score (nSPS) is 24.7. The Hall–Kier alpha value is -3.27. The Morgan fingerprint density at radius 3 is 2.94 bits per heavy atom. The highest BCUT2D eigenvalue weighted by atomic mass is 16.5. The Morgan fingerprint density at radius 1 is 1.29 bits per heavy atom. The van der Waals surface area contributed by atoms with E-state index >= 15 is 0 Å². The molecule has 31 heavy (non-hydrogen) atoms. The van der Waals surface area contributed by atoms with Gasteiger partial charge in [0, 0.05) is 20.2 Å². The highest BCUT2D eigenvalue weighted by Gasteiger charge is 2.57. The number of fused-ring (bicyclic) bond motifs is 3. The smallest absolute Gasteiger partial charge is 0.330 e. The van der Waals surface area contributed by atoms with Gasteiger partial charge in [-0.1, -0.05) is 0 Å². The molecule has 10 heteroatoms. The molecule has 3 saturated carbocycles. The lowest BCUT2D eigenvalue weighted by Crippen LogP contribution is -2.33. The molecule has 0 saturated heterocycles. The van der Waals surface area contributed by atoms with Crippen molar-refractivity contribution in [1.29, 1.82) is 0 Å². The first kappa shape index (κ1) is 18.5. The summed E-state index contributed by atoms with van der Waals surface area (Å²) >= 11 is 0. The van der Waals surface area contributed by atoms with Crippen LogP contribution in [0.1, 0.15) is 30.9 Å². The van der Waals surface area contributed by atoms with Gasteiger partial charge < -0.3 is 10.1 Å². The van der Waals surface area contributed by atoms with Crippen LogP contribution in [-0.4, -0.2) is 47.4 Å². The van der Waals surface area contributed by atoms with Crippen molar-refractivity contribution >= 4 is 28.4 Å². The molecule has 4 aromatic heterocycles. The number of nitrogens with zero attached hydrogens (tertiary/aromatic N) is 7. The summed E-state index contributed by atoms with van der Waals surface area (Å²) in [5.41, 5.74) is 4.22. The van der Waals surface area contributed by atoms with Crippen molar-refractivity contribution in [2.75, 3.05) is 19.0 Å². The van der Waals surface area contributed by atoms with Gasteiger partial charge in [-0.05, 0) is 49.1 Å². The number of rotatable bonds is 5. The lowest BCUT2D eigenvalue weighted by molar-refractivity contribution is 0.0266. The van der Waals surface area contributed by atoms with Gasteiger partial charge in [0.25, 0.3) is 0 Å². The van der Waals surface area contributed by atoms with E-state index in [2.05, 4.69) is 20.4 Å². The largest absolute Gasteiger partial charge is 0.384 e. The van der Waals surface area contributed by atoms with E-state index in [-0.39, 0.29) is 17.1 Å². The molecule has 1 N–H and O–H groups in total. The first-order valence-corrected chi connectivity index (χ1v) is 10.5. The Balaban J connectivity index is 1.40. The van der Waals surface area contributed by atoms with Crippen LogP contribution in [0.25, 0.3) is 16.8 Å². The maximum absolute atomic E-state index is 13.1. The fourth-order valence-corrected chi connectivity index (χ4v) is 5.59. The molecule has 1 unspecified atom stereocenters. The van der Waals surface area contributed by atoms with Gasteiger partial charge >= 0.3 is 5.69 Å². The van der Waals surface area contributed by atoms with Crippen molar-refractivity contribution < 1.29 is 4.74 Å². The molecule has 1 atom stereocenters.